The normalized spacial score (nSPS) is 14.4. The van der Waals surface area contributed by atoms with Crippen LogP contribution in [0.25, 0.3) is 11.1 Å². The molecule has 2 aliphatic rings. The fraction of sp³-hybridized carbons (Fsp3) is 0.273. The van der Waals surface area contributed by atoms with E-state index in [1.165, 1.54) is 6.07 Å². The number of amides is 1. The second-order valence-corrected chi connectivity index (χ2v) is 7.47. The van der Waals surface area contributed by atoms with Gasteiger partial charge in [-0.05, 0) is 49.9 Å². The first kappa shape index (κ1) is 21.5. The Morgan fingerprint density at radius 1 is 0.875 bits per heavy atom. The Kier molecular flexibility index (Phi) is 6.20. The van der Waals surface area contributed by atoms with E-state index in [1.54, 1.807) is 6.20 Å². The molecule has 0 unspecified atom stereocenters. The number of aromatic nitrogens is 3. The lowest BCUT2D eigenvalue weighted by Gasteiger charge is -2.12. The SMILES string of the molecule is Cc1cnc2nc1NCCCCCNC(=O)c1c(F)cc(cc1F)-c1cnc(F)c(c1)N2. The summed E-state index contributed by atoms with van der Waals surface area (Å²) >= 11 is 0. The van der Waals surface area contributed by atoms with Gasteiger partial charge in [0.05, 0.1) is 5.69 Å². The van der Waals surface area contributed by atoms with Crippen molar-refractivity contribution in [2.45, 2.75) is 26.2 Å². The van der Waals surface area contributed by atoms with Gasteiger partial charge in [-0.2, -0.15) is 9.37 Å². The van der Waals surface area contributed by atoms with E-state index in [9.17, 15) is 18.0 Å². The Labute approximate surface area is 182 Å². The first-order valence-corrected chi connectivity index (χ1v) is 10.2. The van der Waals surface area contributed by atoms with Crippen LogP contribution >= 0.6 is 0 Å². The third-order valence-corrected chi connectivity index (χ3v) is 5.09. The smallest absolute Gasteiger partial charge is 0.257 e. The molecule has 2 aromatic heterocycles. The van der Waals surface area contributed by atoms with Crippen molar-refractivity contribution in [3.63, 3.8) is 0 Å². The molecule has 6 bridgehead atoms. The van der Waals surface area contributed by atoms with Gasteiger partial charge in [-0.15, -0.1) is 0 Å². The van der Waals surface area contributed by atoms with E-state index < -0.39 is 29.1 Å². The summed E-state index contributed by atoms with van der Waals surface area (Å²) < 4.78 is 43.6. The van der Waals surface area contributed by atoms with Crippen molar-refractivity contribution in [3.8, 4) is 11.1 Å². The Balaban J connectivity index is 1.76. The minimum Gasteiger partial charge on any atom is -0.370 e. The summed E-state index contributed by atoms with van der Waals surface area (Å²) in [6, 6.07) is 3.39. The van der Waals surface area contributed by atoms with Crippen molar-refractivity contribution in [2.75, 3.05) is 23.7 Å². The van der Waals surface area contributed by atoms with E-state index in [2.05, 4.69) is 30.9 Å². The van der Waals surface area contributed by atoms with E-state index in [0.717, 1.165) is 36.7 Å². The number of carbonyl (C=O) groups excluding carboxylic acids is 1. The highest BCUT2D eigenvalue weighted by molar-refractivity contribution is 5.95. The van der Waals surface area contributed by atoms with Gasteiger partial charge in [-0.1, -0.05) is 0 Å². The van der Waals surface area contributed by atoms with Crippen LogP contribution in [0.3, 0.4) is 0 Å². The van der Waals surface area contributed by atoms with Crippen molar-refractivity contribution >= 4 is 23.4 Å². The molecule has 166 valence electrons. The fourth-order valence-corrected chi connectivity index (χ4v) is 3.38. The maximum atomic E-state index is 14.6. The molecule has 0 saturated heterocycles. The number of hydrogen-bond donors (Lipinski definition) is 3. The molecule has 5 rings (SSSR count). The molecule has 32 heavy (non-hydrogen) atoms. The van der Waals surface area contributed by atoms with Crippen molar-refractivity contribution in [1.29, 1.82) is 0 Å². The van der Waals surface area contributed by atoms with Crippen LogP contribution in [0.5, 0.6) is 0 Å². The Hall–Kier alpha value is -3.69. The third-order valence-electron chi connectivity index (χ3n) is 5.09. The monoisotopic (exact) mass is 442 g/mol. The van der Waals surface area contributed by atoms with Gasteiger partial charge >= 0.3 is 0 Å². The molecule has 3 aromatic rings. The number of fused-ring (bicyclic) bond motifs is 9. The van der Waals surface area contributed by atoms with E-state index in [-0.39, 0.29) is 22.8 Å². The second-order valence-electron chi connectivity index (χ2n) is 7.47. The number of nitrogens with one attached hydrogen (secondary N) is 3. The average molecular weight is 442 g/mol. The van der Waals surface area contributed by atoms with E-state index >= 15 is 0 Å². The van der Waals surface area contributed by atoms with Gasteiger partial charge in [0, 0.05) is 36.6 Å². The van der Waals surface area contributed by atoms with Crippen LogP contribution in [0, 0.1) is 24.5 Å². The Morgan fingerprint density at radius 3 is 2.34 bits per heavy atom. The summed E-state index contributed by atoms with van der Waals surface area (Å²) in [6.07, 6.45) is 4.99. The minimum atomic E-state index is -1.01. The van der Waals surface area contributed by atoms with Gasteiger partial charge in [-0.25, -0.2) is 18.7 Å². The third kappa shape index (κ3) is 4.63. The Bertz CT molecular complexity index is 1150. The molecule has 0 spiro atoms. The van der Waals surface area contributed by atoms with Crippen molar-refractivity contribution in [2.24, 2.45) is 0 Å². The molecule has 10 heteroatoms. The number of anilines is 3. The van der Waals surface area contributed by atoms with Crippen LogP contribution in [0.1, 0.15) is 35.2 Å². The molecule has 0 saturated carbocycles. The zero-order valence-electron chi connectivity index (χ0n) is 17.3. The summed E-state index contributed by atoms with van der Waals surface area (Å²) in [5, 5.41) is 8.54. The molecule has 7 nitrogen and oxygen atoms in total. The molecule has 1 amide bonds. The van der Waals surface area contributed by atoms with E-state index in [0.29, 0.717) is 25.3 Å². The highest BCUT2D eigenvalue weighted by Gasteiger charge is 2.20. The van der Waals surface area contributed by atoms with Crippen LogP contribution in [0.15, 0.2) is 30.6 Å². The molecule has 0 radical (unpaired) electrons. The van der Waals surface area contributed by atoms with Crippen LogP contribution in [-0.2, 0) is 0 Å². The Morgan fingerprint density at radius 2 is 1.59 bits per heavy atom. The number of carbonyl (C=O) groups is 1. The van der Waals surface area contributed by atoms with Crippen molar-refractivity contribution in [1.82, 2.24) is 20.3 Å². The highest BCUT2D eigenvalue weighted by atomic mass is 19.1. The maximum Gasteiger partial charge on any atom is 0.257 e. The topological polar surface area (TPSA) is 91.8 Å². The number of halogens is 3. The van der Waals surface area contributed by atoms with Crippen LogP contribution < -0.4 is 16.0 Å². The maximum absolute atomic E-state index is 14.6. The first-order valence-electron chi connectivity index (χ1n) is 10.2. The quantitative estimate of drug-likeness (QED) is 0.449. The van der Waals surface area contributed by atoms with Gasteiger partial charge in [0.25, 0.3) is 5.91 Å². The number of benzene rings is 1. The van der Waals surface area contributed by atoms with Crippen LogP contribution in [0.4, 0.5) is 30.6 Å². The molecule has 3 N–H and O–H groups in total. The van der Waals surface area contributed by atoms with E-state index in [1.807, 2.05) is 6.92 Å². The number of nitrogens with zero attached hydrogens (tertiary/aromatic N) is 3. The summed E-state index contributed by atoms with van der Waals surface area (Å²) in [4.78, 5) is 24.5. The highest BCUT2D eigenvalue weighted by Crippen LogP contribution is 2.28. The van der Waals surface area contributed by atoms with Gasteiger partial charge in [0.1, 0.15) is 23.0 Å². The molecule has 0 aliphatic carbocycles. The molecular weight excluding hydrogens is 421 g/mol. The number of rotatable bonds is 0. The summed E-state index contributed by atoms with van der Waals surface area (Å²) in [5.74, 6) is -2.90. The summed E-state index contributed by atoms with van der Waals surface area (Å²) in [7, 11) is 0. The fourth-order valence-electron chi connectivity index (χ4n) is 3.38. The average Bonchev–Trinajstić information content (AvgIpc) is 2.75. The molecule has 2 aliphatic heterocycles. The standard InChI is InChI=1S/C22H21F3N6O/c1-12-10-29-22-30-17-9-14(11-28-19(17)25)13-7-15(23)18(16(24)8-13)21(32)27-6-4-2-3-5-26-20(12)31-22/h7-11H,2-6H2,1H3,(H,27,32)(H2,26,29,30,31). The van der Waals surface area contributed by atoms with Gasteiger partial charge in [-0.3, -0.25) is 4.79 Å². The van der Waals surface area contributed by atoms with Crippen LogP contribution in [-0.4, -0.2) is 33.9 Å². The zero-order valence-corrected chi connectivity index (χ0v) is 17.3. The van der Waals surface area contributed by atoms with Gasteiger partial charge in [0.15, 0.2) is 0 Å². The van der Waals surface area contributed by atoms with Crippen molar-refractivity contribution < 1.29 is 18.0 Å². The predicted molar refractivity (Wildman–Crippen MR) is 114 cm³/mol. The molecule has 4 heterocycles. The lowest BCUT2D eigenvalue weighted by atomic mass is 10.0. The van der Waals surface area contributed by atoms with Crippen LogP contribution in [0.2, 0.25) is 0 Å². The number of aryl methyl sites for hydroxylation is 1. The van der Waals surface area contributed by atoms with Gasteiger partial charge < -0.3 is 16.0 Å². The number of hydrogen-bond acceptors (Lipinski definition) is 6. The lowest BCUT2D eigenvalue weighted by molar-refractivity contribution is 0.0944. The summed E-state index contributed by atoms with van der Waals surface area (Å²) in [6.45, 7) is 2.78. The van der Waals surface area contributed by atoms with E-state index in [4.69, 9.17) is 0 Å². The van der Waals surface area contributed by atoms with Gasteiger partial charge in [0.2, 0.25) is 11.9 Å². The predicted octanol–water partition coefficient (Wildman–Crippen LogP) is 4.33. The molecule has 0 atom stereocenters. The van der Waals surface area contributed by atoms with Crippen molar-refractivity contribution in [3.05, 3.63) is 59.3 Å². The molecular formula is C22H21F3N6O. The number of pyridine rings is 1. The second kappa shape index (κ2) is 9.21. The minimum absolute atomic E-state index is 0.0575. The molecule has 1 aromatic carbocycles. The largest absolute Gasteiger partial charge is 0.370 e. The first-order chi connectivity index (χ1) is 15.4. The molecule has 0 fully saturated rings. The lowest BCUT2D eigenvalue weighted by Crippen LogP contribution is -2.26. The zero-order chi connectivity index (χ0) is 22.7. The summed E-state index contributed by atoms with van der Waals surface area (Å²) in [5.41, 5.74) is 0.477.